The fourth-order valence-corrected chi connectivity index (χ4v) is 1.39. The molecule has 4 heteroatoms. The monoisotopic (exact) mass is 234 g/mol. The van der Waals surface area contributed by atoms with Gasteiger partial charge in [-0.3, -0.25) is 4.79 Å². The first-order chi connectivity index (χ1) is 7.86. The van der Waals surface area contributed by atoms with E-state index in [1.807, 2.05) is 0 Å². The van der Waals surface area contributed by atoms with Crippen LogP contribution in [0.25, 0.3) is 0 Å². The molecule has 0 aliphatic rings. The number of nitrogens with two attached hydrogens (primary N) is 1. The van der Waals surface area contributed by atoms with Crippen LogP contribution in [-0.4, -0.2) is 5.91 Å². The second kappa shape index (κ2) is 4.96. The lowest BCUT2D eigenvalue weighted by atomic mass is 9.85. The summed E-state index contributed by atoms with van der Waals surface area (Å²) in [6.07, 6.45) is 1.16. The molecule has 0 saturated carbocycles. The van der Waals surface area contributed by atoms with Crippen LogP contribution in [0, 0.1) is 22.6 Å². The van der Waals surface area contributed by atoms with Gasteiger partial charge in [-0.1, -0.05) is 19.9 Å². The predicted molar refractivity (Wildman–Crippen MR) is 62.4 cm³/mol. The van der Waals surface area contributed by atoms with Crippen LogP contribution in [0.3, 0.4) is 0 Å². The summed E-state index contributed by atoms with van der Waals surface area (Å²) in [6, 6.07) is 6.18. The molecule has 1 aromatic carbocycles. The van der Waals surface area contributed by atoms with Gasteiger partial charge in [-0.2, -0.15) is 5.26 Å². The number of carbonyl (C=O) groups is 1. The molecule has 17 heavy (non-hydrogen) atoms. The van der Waals surface area contributed by atoms with Gasteiger partial charge in [0.15, 0.2) is 0 Å². The molecule has 2 N–H and O–H groups in total. The van der Waals surface area contributed by atoms with Crippen LogP contribution in [0.15, 0.2) is 18.2 Å². The molecule has 0 aliphatic heterocycles. The normalized spacial score (nSPS) is 10.9. The summed E-state index contributed by atoms with van der Waals surface area (Å²) >= 11 is 0. The van der Waals surface area contributed by atoms with Crippen molar-refractivity contribution in [2.75, 3.05) is 0 Å². The summed E-state index contributed by atoms with van der Waals surface area (Å²) in [6.45, 7) is 3.54. The third kappa shape index (κ3) is 3.28. The standard InChI is InChI=1S/C13H15FN2O/c1-13(2,12(16)17)6-5-9-3-4-11(14)10(7-9)8-15/h3-4,7H,5-6H2,1-2H3,(H2,16,17). The lowest BCUT2D eigenvalue weighted by Gasteiger charge is -2.20. The molecule has 0 aliphatic carbocycles. The van der Waals surface area contributed by atoms with Crippen LogP contribution >= 0.6 is 0 Å². The van der Waals surface area contributed by atoms with Crippen molar-refractivity contribution in [2.24, 2.45) is 11.1 Å². The maximum absolute atomic E-state index is 13.1. The second-order valence-corrected chi connectivity index (χ2v) is 4.67. The number of aryl methyl sites for hydroxylation is 1. The zero-order chi connectivity index (χ0) is 13.1. The van der Waals surface area contributed by atoms with E-state index in [1.165, 1.54) is 12.1 Å². The van der Waals surface area contributed by atoms with E-state index in [4.69, 9.17) is 11.0 Å². The molecular formula is C13H15FN2O. The number of rotatable bonds is 4. The number of primary amides is 1. The topological polar surface area (TPSA) is 66.9 Å². The summed E-state index contributed by atoms with van der Waals surface area (Å²) in [5.41, 5.74) is 5.53. The van der Waals surface area contributed by atoms with E-state index in [0.717, 1.165) is 5.56 Å². The summed E-state index contributed by atoms with van der Waals surface area (Å²) in [4.78, 5) is 11.1. The zero-order valence-electron chi connectivity index (χ0n) is 9.96. The van der Waals surface area contributed by atoms with Crippen molar-refractivity contribution in [3.63, 3.8) is 0 Å². The first-order valence-electron chi connectivity index (χ1n) is 5.35. The summed E-state index contributed by atoms with van der Waals surface area (Å²) in [5.74, 6) is -0.884. The molecule has 0 unspecified atom stereocenters. The number of nitrogens with zero attached hydrogens (tertiary/aromatic N) is 1. The van der Waals surface area contributed by atoms with Crippen molar-refractivity contribution >= 4 is 5.91 Å². The van der Waals surface area contributed by atoms with Crippen LogP contribution < -0.4 is 5.73 Å². The third-order valence-corrected chi connectivity index (χ3v) is 2.86. The van der Waals surface area contributed by atoms with Crippen molar-refractivity contribution in [3.05, 3.63) is 35.1 Å². The minimum Gasteiger partial charge on any atom is -0.369 e. The van der Waals surface area contributed by atoms with Crippen LogP contribution in [0.4, 0.5) is 4.39 Å². The number of hydrogen-bond donors (Lipinski definition) is 1. The van der Waals surface area contributed by atoms with E-state index >= 15 is 0 Å². The summed E-state index contributed by atoms with van der Waals surface area (Å²) in [5, 5.41) is 8.70. The van der Waals surface area contributed by atoms with Gasteiger partial charge in [0, 0.05) is 5.41 Å². The fraction of sp³-hybridized carbons (Fsp3) is 0.385. The molecule has 0 radical (unpaired) electrons. The molecule has 90 valence electrons. The van der Waals surface area contributed by atoms with E-state index in [2.05, 4.69) is 0 Å². The van der Waals surface area contributed by atoms with Gasteiger partial charge in [0.2, 0.25) is 5.91 Å². The molecular weight excluding hydrogens is 219 g/mol. The van der Waals surface area contributed by atoms with Gasteiger partial charge in [0.25, 0.3) is 0 Å². The van der Waals surface area contributed by atoms with E-state index in [-0.39, 0.29) is 11.5 Å². The molecule has 1 aromatic rings. The van der Waals surface area contributed by atoms with Gasteiger partial charge in [0.1, 0.15) is 11.9 Å². The minimum absolute atomic E-state index is 0.0272. The molecule has 0 bridgehead atoms. The highest BCUT2D eigenvalue weighted by Gasteiger charge is 2.24. The molecule has 0 atom stereocenters. The van der Waals surface area contributed by atoms with Crippen LogP contribution in [0.1, 0.15) is 31.4 Å². The van der Waals surface area contributed by atoms with Crippen molar-refractivity contribution in [1.29, 1.82) is 5.26 Å². The summed E-state index contributed by atoms with van der Waals surface area (Å²) in [7, 11) is 0. The molecule has 1 rings (SSSR count). The Labute approximate surface area is 100 Å². The molecule has 1 amide bonds. The van der Waals surface area contributed by atoms with Crippen LogP contribution in [-0.2, 0) is 11.2 Å². The van der Waals surface area contributed by atoms with Crippen LogP contribution in [0.2, 0.25) is 0 Å². The summed E-state index contributed by atoms with van der Waals surface area (Å²) < 4.78 is 13.1. The highest BCUT2D eigenvalue weighted by Crippen LogP contribution is 2.22. The molecule has 0 fully saturated rings. The highest BCUT2D eigenvalue weighted by atomic mass is 19.1. The Morgan fingerprint density at radius 1 is 1.53 bits per heavy atom. The Morgan fingerprint density at radius 3 is 2.71 bits per heavy atom. The fourth-order valence-electron chi connectivity index (χ4n) is 1.39. The van der Waals surface area contributed by atoms with Gasteiger partial charge >= 0.3 is 0 Å². The maximum atomic E-state index is 13.1. The maximum Gasteiger partial charge on any atom is 0.223 e. The van der Waals surface area contributed by atoms with Gasteiger partial charge in [-0.05, 0) is 30.5 Å². The van der Waals surface area contributed by atoms with E-state index in [0.29, 0.717) is 12.8 Å². The van der Waals surface area contributed by atoms with Gasteiger partial charge in [-0.25, -0.2) is 4.39 Å². The molecule has 0 spiro atoms. The number of nitriles is 1. The Morgan fingerprint density at radius 2 is 2.18 bits per heavy atom. The Balaban J connectivity index is 2.78. The first kappa shape index (κ1) is 13.2. The minimum atomic E-state index is -0.596. The van der Waals surface area contributed by atoms with Crippen molar-refractivity contribution in [1.82, 2.24) is 0 Å². The lowest BCUT2D eigenvalue weighted by Crippen LogP contribution is -2.31. The zero-order valence-corrected chi connectivity index (χ0v) is 9.96. The number of amides is 1. The Hall–Kier alpha value is -1.89. The average Bonchev–Trinajstić information content (AvgIpc) is 2.28. The molecule has 0 saturated heterocycles. The van der Waals surface area contributed by atoms with E-state index < -0.39 is 11.2 Å². The smallest absolute Gasteiger partial charge is 0.223 e. The number of carbonyl (C=O) groups excluding carboxylic acids is 1. The number of halogens is 1. The van der Waals surface area contributed by atoms with E-state index in [1.54, 1.807) is 26.0 Å². The van der Waals surface area contributed by atoms with E-state index in [9.17, 15) is 9.18 Å². The Bertz CT molecular complexity index is 475. The van der Waals surface area contributed by atoms with Crippen molar-refractivity contribution < 1.29 is 9.18 Å². The highest BCUT2D eigenvalue weighted by molar-refractivity contribution is 5.79. The van der Waals surface area contributed by atoms with Crippen molar-refractivity contribution in [3.8, 4) is 6.07 Å². The van der Waals surface area contributed by atoms with Gasteiger partial charge in [0.05, 0.1) is 5.56 Å². The lowest BCUT2D eigenvalue weighted by molar-refractivity contribution is -0.126. The first-order valence-corrected chi connectivity index (χ1v) is 5.35. The van der Waals surface area contributed by atoms with Gasteiger partial charge < -0.3 is 5.73 Å². The quantitative estimate of drug-likeness (QED) is 0.867. The Kier molecular flexibility index (Phi) is 3.84. The second-order valence-electron chi connectivity index (χ2n) is 4.67. The average molecular weight is 234 g/mol. The molecule has 0 heterocycles. The largest absolute Gasteiger partial charge is 0.369 e. The van der Waals surface area contributed by atoms with Gasteiger partial charge in [-0.15, -0.1) is 0 Å². The third-order valence-electron chi connectivity index (χ3n) is 2.86. The predicted octanol–water partition coefficient (Wildman–Crippen LogP) is 2.14. The van der Waals surface area contributed by atoms with Crippen LogP contribution in [0.5, 0.6) is 0 Å². The SMILES string of the molecule is CC(C)(CCc1ccc(F)c(C#N)c1)C(N)=O. The number of benzene rings is 1. The molecule has 3 nitrogen and oxygen atoms in total. The molecule has 0 aromatic heterocycles. The number of hydrogen-bond acceptors (Lipinski definition) is 2. The van der Waals surface area contributed by atoms with Crippen molar-refractivity contribution in [2.45, 2.75) is 26.7 Å².